The van der Waals surface area contributed by atoms with Crippen molar-refractivity contribution in [2.75, 3.05) is 18.4 Å². The molecule has 0 bridgehead atoms. The van der Waals surface area contributed by atoms with Crippen LogP contribution in [0.1, 0.15) is 45.1 Å². The maximum Gasteiger partial charge on any atom is 0.261 e. The first-order valence-corrected chi connectivity index (χ1v) is 12.0. The Balaban J connectivity index is 1.69. The van der Waals surface area contributed by atoms with Crippen molar-refractivity contribution < 1.29 is 14.0 Å². The standard InChI is InChI=1S/C22H23FIN5O2S/c1-22(2)8-14-17(19(30)26-6-5-13-9-25-11-28-13)21(32-18(14)20(31)27-10-22)29-16-4-3-12(24)7-15(16)23/h3-4,7,9,11,29H,5-6,8,10H2,1-2H3,(H,25,28)(H,26,30)(H,27,31). The van der Waals surface area contributed by atoms with E-state index in [0.717, 1.165) is 9.26 Å². The molecule has 32 heavy (non-hydrogen) atoms. The summed E-state index contributed by atoms with van der Waals surface area (Å²) in [5.41, 5.74) is 2.04. The fourth-order valence-electron chi connectivity index (χ4n) is 3.62. The summed E-state index contributed by atoms with van der Waals surface area (Å²) in [6.45, 7) is 5.01. The second-order valence-electron chi connectivity index (χ2n) is 8.47. The van der Waals surface area contributed by atoms with Gasteiger partial charge in [-0.3, -0.25) is 9.59 Å². The van der Waals surface area contributed by atoms with Crippen molar-refractivity contribution in [3.05, 3.63) is 61.8 Å². The molecule has 0 radical (unpaired) electrons. The zero-order valence-electron chi connectivity index (χ0n) is 17.6. The fourth-order valence-corrected chi connectivity index (χ4v) is 5.22. The molecule has 2 aromatic heterocycles. The second kappa shape index (κ2) is 9.18. The number of thiophene rings is 1. The first kappa shape index (κ1) is 22.7. The van der Waals surface area contributed by atoms with Crippen LogP contribution in [0.2, 0.25) is 0 Å². The molecular formula is C22H23FIN5O2S. The topological polar surface area (TPSA) is 98.9 Å². The Morgan fingerprint density at radius 1 is 1.38 bits per heavy atom. The number of fused-ring (bicyclic) bond motifs is 1. The summed E-state index contributed by atoms with van der Waals surface area (Å²) in [5, 5.41) is 9.40. The molecule has 0 fully saturated rings. The van der Waals surface area contributed by atoms with E-state index in [9.17, 15) is 14.0 Å². The third kappa shape index (κ3) is 4.96. The van der Waals surface area contributed by atoms with Gasteiger partial charge in [0.05, 0.1) is 22.5 Å². The van der Waals surface area contributed by atoms with E-state index in [1.54, 1.807) is 24.7 Å². The molecule has 168 valence electrons. The number of rotatable bonds is 6. The Kier molecular flexibility index (Phi) is 6.52. The number of anilines is 2. The van der Waals surface area contributed by atoms with Crippen LogP contribution in [0.4, 0.5) is 15.1 Å². The van der Waals surface area contributed by atoms with Gasteiger partial charge in [0, 0.05) is 35.0 Å². The lowest BCUT2D eigenvalue weighted by atomic mass is 9.85. The number of aromatic nitrogens is 2. The Bertz CT molecular complexity index is 1160. The van der Waals surface area contributed by atoms with Crippen LogP contribution in [0.15, 0.2) is 30.7 Å². The van der Waals surface area contributed by atoms with Gasteiger partial charge in [-0.1, -0.05) is 13.8 Å². The molecule has 1 aliphatic rings. The van der Waals surface area contributed by atoms with Crippen molar-refractivity contribution in [2.24, 2.45) is 5.41 Å². The lowest BCUT2D eigenvalue weighted by Gasteiger charge is -2.22. The zero-order chi connectivity index (χ0) is 22.9. The van der Waals surface area contributed by atoms with Gasteiger partial charge in [-0.25, -0.2) is 9.37 Å². The van der Waals surface area contributed by atoms with E-state index in [4.69, 9.17) is 0 Å². The SMILES string of the molecule is CC1(C)CNC(=O)c2sc(Nc3ccc(I)cc3F)c(C(=O)NCCc3cnc[nH]3)c2C1. The quantitative estimate of drug-likeness (QED) is 0.335. The van der Waals surface area contributed by atoms with Crippen LogP contribution in [-0.4, -0.2) is 34.9 Å². The maximum atomic E-state index is 14.5. The Morgan fingerprint density at radius 2 is 2.19 bits per heavy atom. The van der Waals surface area contributed by atoms with E-state index < -0.39 is 5.82 Å². The maximum absolute atomic E-state index is 14.5. The predicted octanol–water partition coefficient (Wildman–Crippen LogP) is 4.24. The van der Waals surface area contributed by atoms with Crippen LogP contribution in [0.25, 0.3) is 0 Å². The fraction of sp³-hybridized carbons (Fsp3) is 0.318. The van der Waals surface area contributed by atoms with Gasteiger partial charge in [-0.05, 0) is 58.2 Å². The molecular weight excluding hydrogens is 544 g/mol. The molecule has 1 aliphatic heterocycles. The summed E-state index contributed by atoms with van der Waals surface area (Å²) in [7, 11) is 0. The van der Waals surface area contributed by atoms with E-state index in [1.165, 1.54) is 17.4 Å². The third-order valence-electron chi connectivity index (χ3n) is 5.24. The summed E-state index contributed by atoms with van der Waals surface area (Å²) < 4.78 is 15.3. The molecule has 3 heterocycles. The van der Waals surface area contributed by atoms with Gasteiger partial charge in [-0.15, -0.1) is 11.3 Å². The van der Waals surface area contributed by atoms with Crippen molar-refractivity contribution in [1.82, 2.24) is 20.6 Å². The number of benzene rings is 1. The van der Waals surface area contributed by atoms with Crippen molar-refractivity contribution in [3.63, 3.8) is 0 Å². The molecule has 0 spiro atoms. The minimum atomic E-state index is -0.420. The molecule has 0 unspecified atom stereocenters. The summed E-state index contributed by atoms with van der Waals surface area (Å²) >= 11 is 3.22. The van der Waals surface area contributed by atoms with E-state index >= 15 is 0 Å². The van der Waals surface area contributed by atoms with Crippen LogP contribution in [0.3, 0.4) is 0 Å². The number of H-pyrrole nitrogens is 1. The van der Waals surface area contributed by atoms with Gasteiger partial charge in [0.2, 0.25) is 0 Å². The molecule has 1 aromatic carbocycles. The number of amides is 2. The predicted molar refractivity (Wildman–Crippen MR) is 131 cm³/mol. The highest BCUT2D eigenvalue weighted by Crippen LogP contribution is 2.40. The first-order chi connectivity index (χ1) is 15.2. The lowest BCUT2D eigenvalue weighted by Crippen LogP contribution is -2.32. The Labute approximate surface area is 202 Å². The number of halogens is 2. The van der Waals surface area contributed by atoms with E-state index in [-0.39, 0.29) is 22.9 Å². The number of carbonyl (C=O) groups excluding carboxylic acids is 2. The minimum Gasteiger partial charge on any atom is -0.352 e. The second-order valence-corrected chi connectivity index (χ2v) is 10.7. The zero-order valence-corrected chi connectivity index (χ0v) is 20.6. The van der Waals surface area contributed by atoms with Gasteiger partial charge in [-0.2, -0.15) is 0 Å². The molecule has 0 saturated heterocycles. The normalized spacial score (nSPS) is 14.9. The van der Waals surface area contributed by atoms with Gasteiger partial charge in [0.15, 0.2) is 0 Å². The largest absolute Gasteiger partial charge is 0.352 e. The number of aromatic amines is 1. The monoisotopic (exact) mass is 567 g/mol. The van der Waals surface area contributed by atoms with Crippen molar-refractivity contribution in [2.45, 2.75) is 26.7 Å². The van der Waals surface area contributed by atoms with Crippen molar-refractivity contribution in [1.29, 1.82) is 0 Å². The highest BCUT2D eigenvalue weighted by molar-refractivity contribution is 14.1. The first-order valence-electron chi connectivity index (χ1n) is 10.1. The molecule has 10 heteroatoms. The molecule has 0 atom stereocenters. The number of imidazole rings is 1. The Morgan fingerprint density at radius 3 is 2.91 bits per heavy atom. The van der Waals surface area contributed by atoms with Crippen LogP contribution in [-0.2, 0) is 12.8 Å². The average Bonchev–Trinajstić information content (AvgIpc) is 3.34. The number of carbonyl (C=O) groups is 2. The van der Waals surface area contributed by atoms with Gasteiger partial charge in [0.1, 0.15) is 10.8 Å². The number of nitrogens with zero attached hydrogens (tertiary/aromatic N) is 1. The van der Waals surface area contributed by atoms with Crippen LogP contribution < -0.4 is 16.0 Å². The third-order valence-corrected chi connectivity index (χ3v) is 7.05. The van der Waals surface area contributed by atoms with E-state index in [2.05, 4.69) is 25.9 Å². The van der Waals surface area contributed by atoms with Crippen molar-refractivity contribution in [3.8, 4) is 0 Å². The molecule has 2 amide bonds. The molecule has 0 aliphatic carbocycles. The summed E-state index contributed by atoms with van der Waals surface area (Å²) in [4.78, 5) is 33.5. The Hall–Kier alpha value is -2.47. The van der Waals surface area contributed by atoms with E-state index in [0.29, 0.717) is 46.9 Å². The number of nitrogens with one attached hydrogen (secondary N) is 4. The van der Waals surface area contributed by atoms with Crippen LogP contribution in [0.5, 0.6) is 0 Å². The highest BCUT2D eigenvalue weighted by Gasteiger charge is 2.34. The van der Waals surface area contributed by atoms with Gasteiger partial charge >= 0.3 is 0 Å². The highest BCUT2D eigenvalue weighted by atomic mass is 127. The summed E-state index contributed by atoms with van der Waals surface area (Å²) in [6.07, 6.45) is 4.45. The van der Waals surface area contributed by atoms with Crippen LogP contribution >= 0.6 is 33.9 Å². The van der Waals surface area contributed by atoms with Crippen LogP contribution in [0, 0.1) is 14.8 Å². The lowest BCUT2D eigenvalue weighted by molar-refractivity contribution is 0.0945. The molecule has 4 N–H and O–H groups in total. The molecule has 7 nitrogen and oxygen atoms in total. The number of hydrogen-bond donors (Lipinski definition) is 4. The summed E-state index contributed by atoms with van der Waals surface area (Å²) in [5.74, 6) is -0.921. The van der Waals surface area contributed by atoms with Gasteiger partial charge in [0.25, 0.3) is 11.8 Å². The number of hydrogen-bond acceptors (Lipinski definition) is 5. The average molecular weight is 567 g/mol. The summed E-state index contributed by atoms with van der Waals surface area (Å²) in [6, 6.07) is 4.83. The van der Waals surface area contributed by atoms with E-state index in [1.807, 2.05) is 36.4 Å². The smallest absolute Gasteiger partial charge is 0.261 e. The molecule has 0 saturated carbocycles. The molecule has 3 aromatic rings. The van der Waals surface area contributed by atoms with Gasteiger partial charge < -0.3 is 20.9 Å². The minimum absolute atomic E-state index is 0.210. The molecule has 4 rings (SSSR count). The van der Waals surface area contributed by atoms with Crippen molar-refractivity contribution >= 4 is 56.4 Å².